The molecule has 4 aromatic rings. The standard InChI is InChI=1S/C22H20FN7O/c23-15-4-7-17-18(12-15)29-22(28-17)20-21(24)25-13-19(27-20)14-2-5-16(6-3-14)31-11-10-30-9-1-8-26-30/h1-9,12-13,22,28-29H,10-11H2,(H2,24,25). The summed E-state index contributed by atoms with van der Waals surface area (Å²) >= 11 is 0. The summed E-state index contributed by atoms with van der Waals surface area (Å²) in [7, 11) is 0. The average Bonchev–Trinajstić information content (AvgIpc) is 3.44. The first kappa shape index (κ1) is 18.9. The summed E-state index contributed by atoms with van der Waals surface area (Å²) in [4.78, 5) is 9.00. The molecule has 0 saturated carbocycles. The second-order valence-electron chi connectivity index (χ2n) is 7.08. The highest BCUT2D eigenvalue weighted by Crippen LogP contribution is 2.36. The Morgan fingerprint density at radius 1 is 1.10 bits per heavy atom. The van der Waals surface area contributed by atoms with Gasteiger partial charge in [-0.25, -0.2) is 14.4 Å². The molecule has 5 rings (SSSR count). The van der Waals surface area contributed by atoms with E-state index in [1.54, 1.807) is 18.5 Å². The smallest absolute Gasteiger partial charge is 0.149 e. The van der Waals surface area contributed by atoms with Gasteiger partial charge in [0, 0.05) is 18.0 Å². The van der Waals surface area contributed by atoms with Gasteiger partial charge in [-0.1, -0.05) is 0 Å². The number of aromatic nitrogens is 4. The first-order valence-electron chi connectivity index (χ1n) is 9.81. The van der Waals surface area contributed by atoms with Gasteiger partial charge in [0.05, 0.1) is 29.8 Å². The number of rotatable bonds is 6. The number of anilines is 3. The van der Waals surface area contributed by atoms with Crippen LogP contribution in [0.4, 0.5) is 21.6 Å². The minimum Gasteiger partial charge on any atom is -0.492 e. The molecule has 8 nitrogen and oxygen atoms in total. The molecule has 0 amide bonds. The third kappa shape index (κ3) is 3.97. The molecule has 156 valence electrons. The fourth-order valence-corrected chi connectivity index (χ4v) is 3.42. The molecule has 0 spiro atoms. The van der Waals surface area contributed by atoms with Crippen molar-refractivity contribution in [2.45, 2.75) is 12.7 Å². The van der Waals surface area contributed by atoms with Crippen LogP contribution in [-0.4, -0.2) is 26.4 Å². The van der Waals surface area contributed by atoms with Crippen molar-refractivity contribution in [3.63, 3.8) is 0 Å². The topological polar surface area (TPSA) is 103 Å². The van der Waals surface area contributed by atoms with Crippen LogP contribution in [-0.2, 0) is 6.54 Å². The van der Waals surface area contributed by atoms with E-state index in [2.05, 4.69) is 20.7 Å². The summed E-state index contributed by atoms with van der Waals surface area (Å²) in [6.45, 7) is 1.20. The zero-order chi connectivity index (χ0) is 21.2. The first-order valence-corrected chi connectivity index (χ1v) is 9.81. The number of hydrogen-bond acceptors (Lipinski definition) is 7. The number of nitrogen functional groups attached to an aromatic ring is 1. The summed E-state index contributed by atoms with van der Waals surface area (Å²) in [5.41, 5.74) is 9.64. The average molecular weight is 417 g/mol. The van der Waals surface area contributed by atoms with E-state index >= 15 is 0 Å². The van der Waals surface area contributed by atoms with Gasteiger partial charge in [0.1, 0.15) is 35.9 Å². The number of ether oxygens (including phenoxy) is 1. The molecule has 0 radical (unpaired) electrons. The number of fused-ring (bicyclic) bond motifs is 1. The van der Waals surface area contributed by atoms with Crippen LogP contribution in [0.2, 0.25) is 0 Å². The molecule has 31 heavy (non-hydrogen) atoms. The molecule has 0 bridgehead atoms. The molecule has 2 aromatic carbocycles. The van der Waals surface area contributed by atoms with Crippen LogP contribution in [0.15, 0.2) is 67.1 Å². The molecule has 1 unspecified atom stereocenters. The summed E-state index contributed by atoms with van der Waals surface area (Å²) < 4.78 is 21.1. The van der Waals surface area contributed by atoms with Crippen molar-refractivity contribution in [2.75, 3.05) is 23.0 Å². The molecule has 0 aliphatic carbocycles. The van der Waals surface area contributed by atoms with Crippen LogP contribution in [0.5, 0.6) is 5.75 Å². The summed E-state index contributed by atoms with van der Waals surface area (Å²) in [5.74, 6) is 0.755. The van der Waals surface area contributed by atoms with E-state index in [0.717, 1.165) is 17.0 Å². The van der Waals surface area contributed by atoms with E-state index in [1.165, 1.54) is 12.1 Å². The van der Waals surface area contributed by atoms with E-state index in [0.29, 0.717) is 36.0 Å². The molecule has 3 heterocycles. The number of halogens is 1. The predicted octanol–water partition coefficient (Wildman–Crippen LogP) is 3.68. The lowest BCUT2D eigenvalue weighted by atomic mass is 10.1. The van der Waals surface area contributed by atoms with Crippen molar-refractivity contribution in [3.05, 3.63) is 78.6 Å². The lowest BCUT2D eigenvalue weighted by molar-refractivity contribution is 0.291. The maximum Gasteiger partial charge on any atom is 0.149 e. The number of nitrogens with two attached hydrogens (primary N) is 1. The van der Waals surface area contributed by atoms with E-state index in [-0.39, 0.29) is 5.82 Å². The van der Waals surface area contributed by atoms with Crippen molar-refractivity contribution < 1.29 is 9.13 Å². The molecule has 4 N–H and O–H groups in total. The largest absolute Gasteiger partial charge is 0.492 e. The monoisotopic (exact) mass is 417 g/mol. The minimum absolute atomic E-state index is 0.306. The van der Waals surface area contributed by atoms with Crippen LogP contribution in [0, 0.1) is 5.82 Å². The van der Waals surface area contributed by atoms with E-state index < -0.39 is 6.17 Å². The lowest BCUT2D eigenvalue weighted by Crippen LogP contribution is -2.17. The van der Waals surface area contributed by atoms with Gasteiger partial charge in [-0.15, -0.1) is 0 Å². The molecular formula is C22H20FN7O. The van der Waals surface area contributed by atoms with E-state index in [1.807, 2.05) is 41.2 Å². The van der Waals surface area contributed by atoms with Crippen LogP contribution < -0.4 is 21.1 Å². The first-order chi connectivity index (χ1) is 15.2. The zero-order valence-corrected chi connectivity index (χ0v) is 16.5. The maximum absolute atomic E-state index is 13.5. The van der Waals surface area contributed by atoms with Crippen molar-refractivity contribution in [1.29, 1.82) is 0 Å². The molecule has 1 aliphatic heterocycles. The van der Waals surface area contributed by atoms with Crippen molar-refractivity contribution >= 4 is 17.2 Å². The van der Waals surface area contributed by atoms with Gasteiger partial charge in [0.2, 0.25) is 0 Å². The third-order valence-electron chi connectivity index (χ3n) is 4.98. The maximum atomic E-state index is 13.5. The Bertz CT molecular complexity index is 1200. The fourth-order valence-electron chi connectivity index (χ4n) is 3.42. The predicted molar refractivity (Wildman–Crippen MR) is 116 cm³/mol. The van der Waals surface area contributed by atoms with Crippen LogP contribution >= 0.6 is 0 Å². The Morgan fingerprint density at radius 3 is 2.74 bits per heavy atom. The minimum atomic E-state index is -0.394. The lowest BCUT2D eigenvalue weighted by Gasteiger charge is -2.15. The summed E-state index contributed by atoms with van der Waals surface area (Å²) in [6.07, 6.45) is 4.87. The van der Waals surface area contributed by atoms with Gasteiger partial charge in [-0.3, -0.25) is 4.68 Å². The molecule has 0 saturated heterocycles. The van der Waals surface area contributed by atoms with Gasteiger partial charge < -0.3 is 21.1 Å². The zero-order valence-electron chi connectivity index (χ0n) is 16.5. The fraction of sp³-hybridized carbons (Fsp3) is 0.136. The highest BCUT2D eigenvalue weighted by Gasteiger charge is 2.25. The van der Waals surface area contributed by atoms with Crippen molar-refractivity contribution in [2.24, 2.45) is 0 Å². The van der Waals surface area contributed by atoms with Gasteiger partial charge in [-0.05, 0) is 48.5 Å². The molecule has 0 fully saturated rings. The highest BCUT2D eigenvalue weighted by molar-refractivity contribution is 5.75. The molecular weight excluding hydrogens is 397 g/mol. The van der Waals surface area contributed by atoms with Crippen LogP contribution in [0.1, 0.15) is 11.9 Å². The van der Waals surface area contributed by atoms with Crippen molar-refractivity contribution in [3.8, 4) is 17.0 Å². The van der Waals surface area contributed by atoms with Crippen molar-refractivity contribution in [1.82, 2.24) is 19.7 Å². The Hall–Kier alpha value is -4.14. The van der Waals surface area contributed by atoms with Crippen LogP contribution in [0.3, 0.4) is 0 Å². The highest BCUT2D eigenvalue weighted by atomic mass is 19.1. The Kier molecular flexibility index (Phi) is 4.83. The Morgan fingerprint density at radius 2 is 1.94 bits per heavy atom. The van der Waals surface area contributed by atoms with E-state index in [4.69, 9.17) is 15.5 Å². The number of hydrogen-bond donors (Lipinski definition) is 3. The second kappa shape index (κ2) is 7.94. The number of nitrogens with one attached hydrogen (secondary N) is 2. The molecule has 1 atom stereocenters. The molecule has 2 aromatic heterocycles. The SMILES string of the molecule is Nc1ncc(-c2ccc(OCCn3cccn3)cc2)nc1C1Nc2ccc(F)cc2N1. The van der Waals surface area contributed by atoms with Gasteiger partial charge in [0.25, 0.3) is 0 Å². The summed E-state index contributed by atoms with van der Waals surface area (Å²) in [6, 6.07) is 14.0. The van der Waals surface area contributed by atoms with Gasteiger partial charge in [-0.2, -0.15) is 5.10 Å². The number of nitrogens with zero attached hydrogens (tertiary/aromatic N) is 4. The van der Waals surface area contributed by atoms with Crippen LogP contribution in [0.25, 0.3) is 11.3 Å². The van der Waals surface area contributed by atoms with Gasteiger partial charge in [0.15, 0.2) is 0 Å². The second-order valence-corrected chi connectivity index (χ2v) is 7.08. The van der Waals surface area contributed by atoms with Gasteiger partial charge >= 0.3 is 0 Å². The molecule has 1 aliphatic rings. The Balaban J connectivity index is 1.30. The Labute approximate surface area is 177 Å². The summed E-state index contributed by atoms with van der Waals surface area (Å²) in [5, 5.41) is 10.6. The normalized spacial score (nSPS) is 14.5. The number of benzene rings is 2. The third-order valence-corrected chi connectivity index (χ3v) is 4.98. The van der Waals surface area contributed by atoms with E-state index in [9.17, 15) is 4.39 Å². The quantitative estimate of drug-likeness (QED) is 0.440. The molecule has 9 heteroatoms.